The second-order valence-electron chi connectivity index (χ2n) is 5.35. The van der Waals surface area contributed by atoms with Crippen LogP contribution in [0, 0.1) is 5.82 Å². The molecule has 0 saturated heterocycles. The van der Waals surface area contributed by atoms with E-state index in [1.165, 1.54) is 17.7 Å². The summed E-state index contributed by atoms with van der Waals surface area (Å²) >= 11 is 0. The second kappa shape index (κ2) is 6.12. The summed E-state index contributed by atoms with van der Waals surface area (Å²) in [4.78, 5) is 4.24. The Morgan fingerprint density at radius 3 is 2.71 bits per heavy atom. The summed E-state index contributed by atoms with van der Waals surface area (Å²) in [5, 5.41) is 3.48. The molecule has 1 aliphatic carbocycles. The molecule has 2 aromatic rings. The summed E-state index contributed by atoms with van der Waals surface area (Å²) in [6, 6.07) is 11.1. The molecule has 21 heavy (non-hydrogen) atoms. The second-order valence-corrected chi connectivity index (χ2v) is 5.35. The van der Waals surface area contributed by atoms with Crippen molar-refractivity contribution < 1.29 is 9.13 Å². The lowest BCUT2D eigenvalue weighted by Crippen LogP contribution is -2.34. The Kier molecular flexibility index (Phi) is 4.04. The Morgan fingerprint density at radius 2 is 2.00 bits per heavy atom. The molecular formula is C17H19FN2O. The molecular weight excluding hydrogens is 267 g/mol. The fourth-order valence-electron chi connectivity index (χ4n) is 2.72. The molecule has 1 aromatic carbocycles. The van der Waals surface area contributed by atoms with E-state index in [0.717, 1.165) is 18.5 Å². The average Bonchev–Trinajstić information content (AvgIpc) is 2.46. The largest absolute Gasteiger partial charge is 0.476 e. The van der Waals surface area contributed by atoms with Gasteiger partial charge in [0.1, 0.15) is 5.82 Å². The maximum Gasteiger partial charge on any atom is 0.237 e. The molecule has 0 spiro atoms. The molecule has 1 aromatic heterocycles. The highest BCUT2D eigenvalue weighted by Crippen LogP contribution is 2.39. The molecule has 0 amide bonds. The zero-order valence-electron chi connectivity index (χ0n) is 12.1. The van der Waals surface area contributed by atoms with Gasteiger partial charge in [-0.1, -0.05) is 12.1 Å². The number of hydrogen-bond acceptors (Lipinski definition) is 3. The Labute approximate surface area is 124 Å². The molecule has 3 rings (SSSR count). The summed E-state index contributed by atoms with van der Waals surface area (Å²) in [6.07, 6.45) is 3.83. The van der Waals surface area contributed by atoms with Crippen molar-refractivity contribution in [1.29, 1.82) is 0 Å². The summed E-state index contributed by atoms with van der Waals surface area (Å²) in [5.74, 6) is 0.991. The van der Waals surface area contributed by atoms with Crippen LogP contribution >= 0.6 is 0 Å². The van der Waals surface area contributed by atoms with E-state index in [-0.39, 0.29) is 5.82 Å². The molecule has 1 N–H and O–H groups in total. The predicted molar refractivity (Wildman–Crippen MR) is 81.2 cm³/mol. The first kappa shape index (κ1) is 13.9. The normalized spacial score (nSPS) is 20.7. The van der Waals surface area contributed by atoms with Gasteiger partial charge in [-0.05, 0) is 55.5 Å². The minimum Gasteiger partial charge on any atom is -0.476 e. The summed E-state index contributed by atoms with van der Waals surface area (Å²) in [5.41, 5.74) is 2.16. The summed E-state index contributed by atoms with van der Waals surface area (Å²) in [7, 11) is 0. The van der Waals surface area contributed by atoms with Crippen molar-refractivity contribution in [1.82, 2.24) is 4.98 Å². The van der Waals surface area contributed by atoms with Crippen molar-refractivity contribution in [2.75, 3.05) is 11.9 Å². The Balaban J connectivity index is 1.58. The highest BCUT2D eigenvalue weighted by molar-refractivity contribution is 5.53. The first-order chi connectivity index (χ1) is 10.3. The third kappa shape index (κ3) is 3.15. The first-order valence-electron chi connectivity index (χ1n) is 7.36. The average molecular weight is 286 g/mol. The molecule has 1 saturated carbocycles. The maximum absolute atomic E-state index is 12.9. The van der Waals surface area contributed by atoms with Gasteiger partial charge in [0.25, 0.3) is 0 Å². The van der Waals surface area contributed by atoms with Crippen LogP contribution in [0.15, 0.2) is 42.6 Å². The van der Waals surface area contributed by atoms with Crippen LogP contribution < -0.4 is 10.1 Å². The Bertz CT molecular complexity index is 594. The molecule has 1 heterocycles. The van der Waals surface area contributed by atoms with Crippen LogP contribution in [0.4, 0.5) is 10.1 Å². The lowest BCUT2D eigenvalue weighted by molar-refractivity contribution is 0.325. The maximum atomic E-state index is 12.9. The fraction of sp³-hybridized carbons (Fsp3) is 0.353. The lowest BCUT2D eigenvalue weighted by atomic mass is 9.76. The van der Waals surface area contributed by atoms with E-state index >= 15 is 0 Å². The van der Waals surface area contributed by atoms with Gasteiger partial charge < -0.3 is 10.1 Å². The number of anilines is 1. The van der Waals surface area contributed by atoms with Crippen LogP contribution in [-0.2, 0) is 0 Å². The van der Waals surface area contributed by atoms with Crippen LogP contribution in [0.25, 0.3) is 0 Å². The van der Waals surface area contributed by atoms with E-state index in [0.29, 0.717) is 24.4 Å². The van der Waals surface area contributed by atoms with Crippen LogP contribution in [-0.4, -0.2) is 17.6 Å². The topological polar surface area (TPSA) is 34.1 Å². The zero-order chi connectivity index (χ0) is 14.7. The number of aromatic nitrogens is 1. The van der Waals surface area contributed by atoms with Crippen LogP contribution in [0.5, 0.6) is 5.88 Å². The molecule has 0 aliphatic heterocycles. The Hall–Kier alpha value is -2.10. The van der Waals surface area contributed by atoms with Gasteiger partial charge in [-0.15, -0.1) is 0 Å². The SMILES string of the molecule is CCOc1ncccc1NC1CC(c2ccc(F)cc2)C1. The predicted octanol–water partition coefficient (Wildman–Crippen LogP) is 3.98. The minimum atomic E-state index is -0.176. The third-order valence-electron chi connectivity index (χ3n) is 3.89. The first-order valence-corrected chi connectivity index (χ1v) is 7.36. The van der Waals surface area contributed by atoms with Crippen LogP contribution in [0.3, 0.4) is 0 Å². The van der Waals surface area contributed by atoms with Gasteiger partial charge >= 0.3 is 0 Å². The molecule has 4 heteroatoms. The molecule has 0 atom stereocenters. The van der Waals surface area contributed by atoms with Crippen molar-refractivity contribution in [2.45, 2.75) is 31.7 Å². The number of benzene rings is 1. The van der Waals surface area contributed by atoms with Gasteiger partial charge in [-0.3, -0.25) is 0 Å². The van der Waals surface area contributed by atoms with Crippen molar-refractivity contribution >= 4 is 5.69 Å². The van der Waals surface area contributed by atoms with Gasteiger partial charge in [0.2, 0.25) is 5.88 Å². The molecule has 1 fully saturated rings. The highest BCUT2D eigenvalue weighted by atomic mass is 19.1. The summed E-state index contributed by atoms with van der Waals surface area (Å²) < 4.78 is 18.4. The summed E-state index contributed by atoms with van der Waals surface area (Å²) in [6.45, 7) is 2.56. The number of rotatable bonds is 5. The van der Waals surface area contributed by atoms with E-state index in [2.05, 4.69) is 10.3 Å². The van der Waals surface area contributed by atoms with Crippen molar-refractivity contribution in [3.05, 3.63) is 54.0 Å². The number of ether oxygens (including phenoxy) is 1. The van der Waals surface area contributed by atoms with Gasteiger partial charge in [0.05, 0.1) is 12.3 Å². The number of nitrogens with one attached hydrogen (secondary N) is 1. The van der Waals surface area contributed by atoms with E-state index in [9.17, 15) is 4.39 Å². The van der Waals surface area contributed by atoms with Crippen molar-refractivity contribution in [3.63, 3.8) is 0 Å². The number of nitrogens with zero attached hydrogens (tertiary/aromatic N) is 1. The van der Waals surface area contributed by atoms with E-state index in [4.69, 9.17) is 4.74 Å². The number of pyridine rings is 1. The van der Waals surface area contributed by atoms with Crippen LogP contribution in [0.1, 0.15) is 31.2 Å². The molecule has 1 aliphatic rings. The highest BCUT2D eigenvalue weighted by Gasteiger charge is 2.30. The minimum absolute atomic E-state index is 0.176. The number of hydrogen-bond donors (Lipinski definition) is 1. The van der Waals surface area contributed by atoms with Gasteiger partial charge in [0, 0.05) is 12.2 Å². The monoisotopic (exact) mass is 286 g/mol. The molecule has 0 bridgehead atoms. The van der Waals surface area contributed by atoms with Crippen molar-refractivity contribution in [3.8, 4) is 5.88 Å². The smallest absolute Gasteiger partial charge is 0.237 e. The molecule has 0 radical (unpaired) electrons. The van der Waals surface area contributed by atoms with E-state index in [1.807, 2.05) is 31.2 Å². The lowest BCUT2D eigenvalue weighted by Gasteiger charge is -2.37. The quantitative estimate of drug-likeness (QED) is 0.902. The molecule has 3 nitrogen and oxygen atoms in total. The van der Waals surface area contributed by atoms with Gasteiger partial charge in [-0.2, -0.15) is 0 Å². The van der Waals surface area contributed by atoms with E-state index < -0.39 is 0 Å². The van der Waals surface area contributed by atoms with Crippen LogP contribution in [0.2, 0.25) is 0 Å². The van der Waals surface area contributed by atoms with Gasteiger partial charge in [0.15, 0.2) is 0 Å². The standard InChI is InChI=1S/C17H19FN2O/c1-2-21-17-16(4-3-9-19-17)20-15-10-13(11-15)12-5-7-14(18)8-6-12/h3-9,13,15,20H,2,10-11H2,1H3. The fourth-order valence-corrected chi connectivity index (χ4v) is 2.72. The zero-order valence-corrected chi connectivity index (χ0v) is 12.1. The molecule has 0 unspecified atom stereocenters. The van der Waals surface area contributed by atoms with Gasteiger partial charge in [-0.25, -0.2) is 9.37 Å². The molecule has 110 valence electrons. The number of halogens is 1. The Morgan fingerprint density at radius 1 is 1.24 bits per heavy atom. The van der Waals surface area contributed by atoms with Crippen molar-refractivity contribution in [2.24, 2.45) is 0 Å². The van der Waals surface area contributed by atoms with E-state index in [1.54, 1.807) is 6.20 Å². The third-order valence-corrected chi connectivity index (χ3v) is 3.89.